The summed E-state index contributed by atoms with van der Waals surface area (Å²) in [5.74, 6) is -1.10. The molecule has 0 spiro atoms. The van der Waals surface area contributed by atoms with Crippen molar-refractivity contribution in [2.75, 3.05) is 0 Å². The summed E-state index contributed by atoms with van der Waals surface area (Å²) >= 11 is 0. The molecule has 0 saturated heterocycles. The SMILES string of the molecule is O=C=Nc1cc(C(=O)O)c2[nH]ncc2c1. The molecule has 0 atom stereocenters. The highest BCUT2D eigenvalue weighted by molar-refractivity contribution is 6.03. The fourth-order valence-electron chi connectivity index (χ4n) is 1.33. The summed E-state index contributed by atoms with van der Waals surface area (Å²) in [6, 6.07) is 2.84. The van der Waals surface area contributed by atoms with Crippen LogP contribution in [0.1, 0.15) is 10.4 Å². The van der Waals surface area contributed by atoms with E-state index in [1.54, 1.807) is 6.07 Å². The zero-order valence-corrected chi connectivity index (χ0v) is 7.39. The lowest BCUT2D eigenvalue weighted by molar-refractivity contribution is 0.0699. The van der Waals surface area contributed by atoms with Crippen LogP contribution in [0.5, 0.6) is 0 Å². The van der Waals surface area contributed by atoms with Crippen LogP contribution in [0.25, 0.3) is 10.9 Å². The molecular weight excluding hydrogens is 198 g/mol. The lowest BCUT2D eigenvalue weighted by Gasteiger charge is -1.97. The highest BCUT2D eigenvalue weighted by Crippen LogP contribution is 2.23. The predicted molar refractivity (Wildman–Crippen MR) is 50.8 cm³/mol. The Morgan fingerprint density at radius 2 is 2.33 bits per heavy atom. The van der Waals surface area contributed by atoms with E-state index in [2.05, 4.69) is 15.2 Å². The first-order valence-corrected chi connectivity index (χ1v) is 4.00. The highest BCUT2D eigenvalue weighted by atomic mass is 16.4. The molecule has 74 valence electrons. The number of aromatic carboxylic acids is 1. The number of hydrogen-bond acceptors (Lipinski definition) is 4. The lowest BCUT2D eigenvalue weighted by atomic mass is 10.1. The average molecular weight is 203 g/mol. The van der Waals surface area contributed by atoms with Gasteiger partial charge in [-0.3, -0.25) is 5.10 Å². The van der Waals surface area contributed by atoms with Crippen LogP contribution in [-0.2, 0) is 4.79 Å². The molecule has 0 aliphatic heterocycles. The van der Waals surface area contributed by atoms with Gasteiger partial charge in [0.25, 0.3) is 0 Å². The van der Waals surface area contributed by atoms with Crippen molar-refractivity contribution in [3.05, 3.63) is 23.9 Å². The topological polar surface area (TPSA) is 95.4 Å². The van der Waals surface area contributed by atoms with E-state index in [-0.39, 0.29) is 11.3 Å². The minimum Gasteiger partial charge on any atom is -0.478 e. The Labute approximate surface area is 83.3 Å². The maximum absolute atomic E-state index is 10.9. The van der Waals surface area contributed by atoms with Crippen LogP contribution in [-0.4, -0.2) is 27.4 Å². The standard InChI is InChI=1S/C9H5N3O3/c13-4-10-6-1-5-3-11-12-8(5)7(2-6)9(14)15/h1-3H,(H,11,12)(H,14,15). The minimum absolute atomic E-state index is 0.0269. The predicted octanol–water partition coefficient (Wildman–Crippen LogP) is 1.23. The van der Waals surface area contributed by atoms with Gasteiger partial charge >= 0.3 is 5.97 Å². The van der Waals surface area contributed by atoms with E-state index >= 15 is 0 Å². The number of carbonyl (C=O) groups is 1. The zero-order valence-electron chi connectivity index (χ0n) is 7.39. The van der Waals surface area contributed by atoms with Crippen molar-refractivity contribution >= 4 is 28.6 Å². The number of hydrogen-bond donors (Lipinski definition) is 2. The molecule has 1 aromatic heterocycles. The molecule has 6 nitrogen and oxygen atoms in total. The van der Waals surface area contributed by atoms with Gasteiger partial charge in [-0.15, -0.1) is 0 Å². The van der Waals surface area contributed by atoms with Crippen molar-refractivity contribution in [3.8, 4) is 0 Å². The van der Waals surface area contributed by atoms with E-state index < -0.39 is 5.97 Å². The molecule has 0 fully saturated rings. The molecule has 2 rings (SSSR count). The third kappa shape index (κ3) is 1.49. The number of fused-ring (bicyclic) bond motifs is 1. The highest BCUT2D eigenvalue weighted by Gasteiger charge is 2.11. The van der Waals surface area contributed by atoms with Crippen LogP contribution in [0.2, 0.25) is 0 Å². The number of H-pyrrole nitrogens is 1. The number of benzene rings is 1. The Balaban J connectivity index is 2.79. The number of nitrogens with one attached hydrogen (secondary N) is 1. The number of rotatable bonds is 2. The second-order valence-corrected chi connectivity index (χ2v) is 2.84. The first-order valence-electron chi connectivity index (χ1n) is 4.00. The van der Waals surface area contributed by atoms with Crippen LogP contribution >= 0.6 is 0 Å². The lowest BCUT2D eigenvalue weighted by Crippen LogP contribution is -1.97. The molecule has 1 aromatic carbocycles. The quantitative estimate of drug-likeness (QED) is 0.566. The minimum atomic E-state index is -1.10. The Hall–Kier alpha value is -2.46. The van der Waals surface area contributed by atoms with Gasteiger partial charge in [0, 0.05) is 5.39 Å². The molecule has 6 heteroatoms. The second-order valence-electron chi connectivity index (χ2n) is 2.84. The van der Waals surface area contributed by atoms with Crippen molar-refractivity contribution in [3.63, 3.8) is 0 Å². The molecule has 0 radical (unpaired) electrons. The van der Waals surface area contributed by atoms with Crippen LogP contribution in [0.4, 0.5) is 5.69 Å². The van der Waals surface area contributed by atoms with Crippen molar-refractivity contribution in [2.24, 2.45) is 4.99 Å². The van der Waals surface area contributed by atoms with E-state index in [4.69, 9.17) is 5.11 Å². The van der Waals surface area contributed by atoms with Gasteiger partial charge in [0.05, 0.1) is 23.0 Å². The first kappa shape index (κ1) is 9.11. The summed E-state index contributed by atoms with van der Waals surface area (Å²) in [5, 5.41) is 15.8. The fraction of sp³-hybridized carbons (Fsp3) is 0. The Morgan fingerprint density at radius 1 is 1.53 bits per heavy atom. The van der Waals surface area contributed by atoms with Gasteiger partial charge < -0.3 is 5.11 Å². The van der Waals surface area contributed by atoms with Crippen molar-refractivity contribution < 1.29 is 14.7 Å². The van der Waals surface area contributed by atoms with E-state index in [9.17, 15) is 9.59 Å². The van der Waals surface area contributed by atoms with Gasteiger partial charge in [-0.25, -0.2) is 9.59 Å². The molecule has 0 saturated carbocycles. The smallest absolute Gasteiger partial charge is 0.337 e. The van der Waals surface area contributed by atoms with Crippen LogP contribution in [0.3, 0.4) is 0 Å². The van der Waals surface area contributed by atoms with E-state index in [1.165, 1.54) is 18.3 Å². The van der Waals surface area contributed by atoms with Gasteiger partial charge in [-0.05, 0) is 12.1 Å². The van der Waals surface area contributed by atoms with Gasteiger partial charge in [0.15, 0.2) is 0 Å². The molecule has 0 aliphatic carbocycles. The maximum atomic E-state index is 10.9. The summed E-state index contributed by atoms with van der Waals surface area (Å²) < 4.78 is 0. The Bertz CT molecular complexity index is 581. The first-order chi connectivity index (χ1) is 7.22. The van der Waals surface area contributed by atoms with Gasteiger partial charge in [0.2, 0.25) is 6.08 Å². The zero-order chi connectivity index (χ0) is 10.8. The number of carboxylic acid groups (broad SMARTS) is 1. The Kier molecular flexibility index (Phi) is 2.04. The molecule has 2 aromatic rings. The monoisotopic (exact) mass is 203 g/mol. The fourth-order valence-corrected chi connectivity index (χ4v) is 1.33. The van der Waals surface area contributed by atoms with E-state index in [0.717, 1.165) is 0 Å². The maximum Gasteiger partial charge on any atom is 0.337 e. The number of aliphatic imine (C=N–C) groups is 1. The molecule has 0 amide bonds. The number of carbonyl (C=O) groups excluding carboxylic acids is 1. The summed E-state index contributed by atoms with van der Waals surface area (Å²) in [5.41, 5.74) is 0.683. The van der Waals surface area contributed by atoms with E-state index in [1.807, 2.05) is 0 Å². The summed E-state index contributed by atoms with van der Waals surface area (Å²) in [4.78, 5) is 24.3. The average Bonchev–Trinajstić information content (AvgIpc) is 2.64. The molecule has 0 bridgehead atoms. The summed E-state index contributed by atoms with van der Waals surface area (Å²) in [7, 11) is 0. The molecule has 1 heterocycles. The summed E-state index contributed by atoms with van der Waals surface area (Å²) in [6.07, 6.45) is 2.82. The van der Waals surface area contributed by atoms with Crippen LogP contribution in [0, 0.1) is 0 Å². The normalized spacial score (nSPS) is 9.87. The number of aromatic amines is 1. The number of nitrogens with zero attached hydrogens (tertiary/aromatic N) is 2. The van der Waals surface area contributed by atoms with Gasteiger partial charge in [-0.2, -0.15) is 10.1 Å². The third-order valence-electron chi connectivity index (χ3n) is 1.94. The molecular formula is C9H5N3O3. The molecule has 0 aliphatic rings. The van der Waals surface area contributed by atoms with Crippen molar-refractivity contribution in [2.45, 2.75) is 0 Å². The number of aromatic nitrogens is 2. The van der Waals surface area contributed by atoms with Gasteiger partial charge in [0.1, 0.15) is 0 Å². The van der Waals surface area contributed by atoms with Gasteiger partial charge in [-0.1, -0.05) is 0 Å². The number of isocyanates is 1. The van der Waals surface area contributed by atoms with Crippen LogP contribution in [0.15, 0.2) is 23.3 Å². The molecule has 2 N–H and O–H groups in total. The largest absolute Gasteiger partial charge is 0.478 e. The number of carboxylic acids is 1. The second kappa shape index (κ2) is 3.36. The van der Waals surface area contributed by atoms with Crippen molar-refractivity contribution in [1.82, 2.24) is 10.2 Å². The van der Waals surface area contributed by atoms with Crippen molar-refractivity contribution in [1.29, 1.82) is 0 Å². The van der Waals surface area contributed by atoms with Crippen LogP contribution < -0.4 is 0 Å². The van der Waals surface area contributed by atoms with E-state index in [0.29, 0.717) is 10.9 Å². The molecule has 15 heavy (non-hydrogen) atoms. The summed E-state index contributed by atoms with van der Waals surface area (Å²) in [6.45, 7) is 0. The Morgan fingerprint density at radius 3 is 3.00 bits per heavy atom. The molecule has 0 unspecified atom stereocenters. The third-order valence-corrected chi connectivity index (χ3v) is 1.94.